The maximum atomic E-state index is 13.2. The molecule has 0 spiro atoms. The fourth-order valence-electron chi connectivity index (χ4n) is 3.83. The van der Waals surface area contributed by atoms with Gasteiger partial charge in [-0.3, -0.25) is 9.78 Å². The van der Waals surface area contributed by atoms with Crippen molar-refractivity contribution in [1.29, 1.82) is 0 Å². The number of carbonyl (C=O) groups is 1. The predicted octanol–water partition coefficient (Wildman–Crippen LogP) is 4.22. The SMILES string of the molecule is CCc1ccc(C(NC(=O)C2CCCN(c3cnccn3)C2)c2cccs2)cc1. The summed E-state index contributed by atoms with van der Waals surface area (Å²) in [7, 11) is 0. The number of carbonyl (C=O) groups excluding carboxylic acids is 1. The number of hydrogen-bond acceptors (Lipinski definition) is 5. The minimum absolute atomic E-state index is 0.0527. The first-order valence-electron chi connectivity index (χ1n) is 10.2. The first kappa shape index (κ1) is 19.6. The number of amides is 1. The third-order valence-corrected chi connectivity index (χ3v) is 6.44. The van der Waals surface area contributed by atoms with Crippen molar-refractivity contribution in [2.24, 2.45) is 5.92 Å². The van der Waals surface area contributed by atoms with E-state index in [-0.39, 0.29) is 17.9 Å². The van der Waals surface area contributed by atoms with E-state index in [0.717, 1.165) is 42.1 Å². The molecular formula is C23H26N4OS. The smallest absolute Gasteiger partial charge is 0.225 e. The Kier molecular flexibility index (Phi) is 6.20. The van der Waals surface area contributed by atoms with Crippen LogP contribution in [0.2, 0.25) is 0 Å². The zero-order valence-corrected chi connectivity index (χ0v) is 17.4. The molecule has 2 atom stereocenters. The Morgan fingerprint density at radius 3 is 2.83 bits per heavy atom. The van der Waals surface area contributed by atoms with Crippen LogP contribution in [0.3, 0.4) is 0 Å². The molecular weight excluding hydrogens is 380 g/mol. The number of hydrogen-bond donors (Lipinski definition) is 1. The Hall–Kier alpha value is -2.73. The molecule has 1 N–H and O–H groups in total. The van der Waals surface area contributed by atoms with Crippen LogP contribution in [0.15, 0.2) is 60.4 Å². The largest absolute Gasteiger partial charge is 0.355 e. The first-order valence-corrected chi connectivity index (χ1v) is 11.1. The second-order valence-electron chi connectivity index (χ2n) is 7.40. The summed E-state index contributed by atoms with van der Waals surface area (Å²) in [4.78, 5) is 25.1. The third kappa shape index (κ3) is 4.65. The van der Waals surface area contributed by atoms with Crippen LogP contribution in [0.4, 0.5) is 5.82 Å². The molecule has 3 heterocycles. The summed E-state index contributed by atoms with van der Waals surface area (Å²) in [6, 6.07) is 12.6. The molecule has 2 aromatic heterocycles. The number of rotatable bonds is 6. The Balaban J connectivity index is 1.50. The van der Waals surface area contributed by atoms with Crippen LogP contribution in [-0.4, -0.2) is 29.0 Å². The van der Waals surface area contributed by atoms with Gasteiger partial charge in [-0.2, -0.15) is 0 Å². The normalized spacial score (nSPS) is 17.7. The van der Waals surface area contributed by atoms with Crippen molar-refractivity contribution in [1.82, 2.24) is 15.3 Å². The highest BCUT2D eigenvalue weighted by Crippen LogP contribution is 2.28. The quantitative estimate of drug-likeness (QED) is 0.666. The highest BCUT2D eigenvalue weighted by Gasteiger charge is 2.29. The fraction of sp³-hybridized carbons (Fsp3) is 0.348. The van der Waals surface area contributed by atoms with Gasteiger partial charge in [0.25, 0.3) is 0 Å². The summed E-state index contributed by atoms with van der Waals surface area (Å²) >= 11 is 1.68. The van der Waals surface area contributed by atoms with Crippen molar-refractivity contribution < 1.29 is 4.79 Å². The number of piperidine rings is 1. The van der Waals surface area contributed by atoms with Crippen LogP contribution < -0.4 is 10.2 Å². The second kappa shape index (κ2) is 9.18. The zero-order valence-electron chi connectivity index (χ0n) is 16.6. The van der Waals surface area contributed by atoms with Gasteiger partial charge in [0.15, 0.2) is 0 Å². The number of benzene rings is 1. The molecule has 29 heavy (non-hydrogen) atoms. The highest BCUT2D eigenvalue weighted by atomic mass is 32.1. The van der Waals surface area contributed by atoms with E-state index in [1.54, 1.807) is 29.9 Å². The van der Waals surface area contributed by atoms with Crippen LogP contribution in [0.5, 0.6) is 0 Å². The molecule has 0 radical (unpaired) electrons. The minimum atomic E-state index is -0.111. The lowest BCUT2D eigenvalue weighted by atomic mass is 9.95. The zero-order chi connectivity index (χ0) is 20.1. The van der Waals surface area contributed by atoms with Crippen molar-refractivity contribution in [3.05, 3.63) is 76.4 Å². The van der Waals surface area contributed by atoms with Gasteiger partial charge >= 0.3 is 0 Å². The van der Waals surface area contributed by atoms with E-state index < -0.39 is 0 Å². The van der Waals surface area contributed by atoms with E-state index in [2.05, 4.69) is 62.8 Å². The molecule has 1 amide bonds. The summed E-state index contributed by atoms with van der Waals surface area (Å²) in [5.74, 6) is 0.898. The number of anilines is 1. The van der Waals surface area contributed by atoms with Crippen molar-refractivity contribution in [2.45, 2.75) is 32.2 Å². The van der Waals surface area contributed by atoms with Crippen molar-refractivity contribution in [3.8, 4) is 0 Å². The first-order chi connectivity index (χ1) is 14.2. The molecule has 0 bridgehead atoms. The molecule has 1 saturated heterocycles. The van der Waals surface area contributed by atoms with Gasteiger partial charge in [0.1, 0.15) is 5.82 Å². The van der Waals surface area contributed by atoms with Crippen LogP contribution in [0.25, 0.3) is 0 Å². The number of thiophene rings is 1. The molecule has 150 valence electrons. The molecule has 0 aliphatic carbocycles. The molecule has 1 fully saturated rings. The van der Waals surface area contributed by atoms with Gasteiger partial charge < -0.3 is 10.2 Å². The lowest BCUT2D eigenvalue weighted by molar-refractivity contribution is -0.125. The van der Waals surface area contributed by atoms with Gasteiger partial charge in [-0.1, -0.05) is 37.3 Å². The molecule has 2 unspecified atom stereocenters. The Morgan fingerprint density at radius 1 is 1.28 bits per heavy atom. The van der Waals surface area contributed by atoms with E-state index in [1.807, 2.05) is 6.07 Å². The number of aromatic nitrogens is 2. The highest BCUT2D eigenvalue weighted by molar-refractivity contribution is 7.10. The van der Waals surface area contributed by atoms with E-state index in [9.17, 15) is 4.79 Å². The van der Waals surface area contributed by atoms with Gasteiger partial charge in [-0.05, 0) is 41.8 Å². The van der Waals surface area contributed by atoms with Gasteiger partial charge in [0.05, 0.1) is 18.2 Å². The summed E-state index contributed by atoms with van der Waals surface area (Å²) in [5.41, 5.74) is 2.43. The van der Waals surface area contributed by atoms with Gasteiger partial charge in [-0.15, -0.1) is 11.3 Å². The van der Waals surface area contributed by atoms with Crippen LogP contribution in [-0.2, 0) is 11.2 Å². The van der Waals surface area contributed by atoms with Crippen molar-refractivity contribution in [3.63, 3.8) is 0 Å². The summed E-state index contributed by atoms with van der Waals surface area (Å²) in [6.07, 6.45) is 8.03. The molecule has 1 aromatic carbocycles. The van der Waals surface area contributed by atoms with Gasteiger partial charge in [0.2, 0.25) is 5.91 Å². The standard InChI is InChI=1S/C23H26N4OS/c1-2-17-7-9-18(10-8-17)22(20-6-4-14-29-20)26-23(28)19-5-3-13-27(16-19)21-15-24-11-12-25-21/h4,6-12,14-15,19,22H,2-3,5,13,16H2,1H3,(H,26,28). The van der Waals surface area contributed by atoms with E-state index in [4.69, 9.17) is 0 Å². The summed E-state index contributed by atoms with van der Waals surface area (Å²) in [5, 5.41) is 5.38. The number of nitrogens with zero attached hydrogens (tertiary/aromatic N) is 3. The van der Waals surface area contributed by atoms with E-state index >= 15 is 0 Å². The van der Waals surface area contributed by atoms with Gasteiger partial charge in [0, 0.05) is 30.4 Å². The van der Waals surface area contributed by atoms with Crippen LogP contribution in [0.1, 0.15) is 41.8 Å². The lowest BCUT2D eigenvalue weighted by Crippen LogP contribution is -2.44. The molecule has 0 saturated carbocycles. The summed E-state index contributed by atoms with van der Waals surface area (Å²) < 4.78 is 0. The van der Waals surface area contributed by atoms with Crippen LogP contribution >= 0.6 is 11.3 Å². The van der Waals surface area contributed by atoms with E-state index in [0.29, 0.717) is 6.54 Å². The maximum absolute atomic E-state index is 13.2. The monoisotopic (exact) mass is 406 g/mol. The lowest BCUT2D eigenvalue weighted by Gasteiger charge is -2.33. The second-order valence-corrected chi connectivity index (χ2v) is 8.38. The number of aryl methyl sites for hydroxylation is 1. The van der Waals surface area contributed by atoms with Crippen molar-refractivity contribution in [2.75, 3.05) is 18.0 Å². The van der Waals surface area contributed by atoms with E-state index in [1.165, 1.54) is 5.56 Å². The Morgan fingerprint density at radius 2 is 2.14 bits per heavy atom. The average Bonchev–Trinajstić information content (AvgIpc) is 3.33. The van der Waals surface area contributed by atoms with Crippen molar-refractivity contribution >= 4 is 23.1 Å². The number of nitrogens with one attached hydrogen (secondary N) is 1. The minimum Gasteiger partial charge on any atom is -0.355 e. The summed E-state index contributed by atoms with van der Waals surface area (Å²) in [6.45, 7) is 3.74. The third-order valence-electron chi connectivity index (χ3n) is 5.50. The Bertz CT molecular complexity index is 912. The molecule has 1 aliphatic heterocycles. The molecule has 6 heteroatoms. The molecule has 5 nitrogen and oxygen atoms in total. The molecule has 4 rings (SSSR count). The average molecular weight is 407 g/mol. The molecule has 1 aliphatic rings. The predicted molar refractivity (Wildman–Crippen MR) is 117 cm³/mol. The fourth-order valence-corrected chi connectivity index (χ4v) is 4.64. The topological polar surface area (TPSA) is 58.1 Å². The van der Waals surface area contributed by atoms with Crippen LogP contribution in [0, 0.1) is 5.92 Å². The Labute approximate surface area is 175 Å². The van der Waals surface area contributed by atoms with Gasteiger partial charge in [-0.25, -0.2) is 4.98 Å². The molecule has 3 aromatic rings. The maximum Gasteiger partial charge on any atom is 0.225 e.